The highest BCUT2D eigenvalue weighted by Gasteiger charge is 2.00. The van der Waals surface area contributed by atoms with Gasteiger partial charge in [0, 0.05) is 23.6 Å². The van der Waals surface area contributed by atoms with Gasteiger partial charge in [-0.25, -0.2) is 0 Å². The predicted octanol–water partition coefficient (Wildman–Crippen LogP) is 3.35. The van der Waals surface area contributed by atoms with Crippen molar-refractivity contribution >= 4 is 27.2 Å². The van der Waals surface area contributed by atoms with E-state index >= 15 is 0 Å². The zero-order chi connectivity index (χ0) is 9.26. The third-order valence-corrected chi connectivity index (χ3v) is 2.55. The first-order valence-corrected chi connectivity index (χ1v) is 4.87. The van der Waals surface area contributed by atoms with E-state index < -0.39 is 0 Å². The maximum Gasteiger partial charge on any atom is 0.179 e. The predicted molar refractivity (Wildman–Crippen MR) is 57.2 cm³/mol. The first kappa shape index (κ1) is 8.63. The molecule has 0 fully saturated rings. The van der Waals surface area contributed by atoms with E-state index in [9.17, 15) is 0 Å². The first-order chi connectivity index (χ1) is 6.35. The van der Waals surface area contributed by atoms with Crippen molar-refractivity contribution in [3.8, 4) is 5.75 Å². The van der Waals surface area contributed by atoms with Gasteiger partial charge in [-0.05, 0) is 31.2 Å². The van der Waals surface area contributed by atoms with Gasteiger partial charge in [-0.3, -0.25) is 0 Å². The smallest absolute Gasteiger partial charge is 0.179 e. The van der Waals surface area contributed by atoms with E-state index in [4.69, 9.17) is 3.83 Å². The molecule has 0 N–H and O–H groups in total. The van der Waals surface area contributed by atoms with Gasteiger partial charge in [-0.2, -0.15) is 0 Å². The van der Waals surface area contributed by atoms with Crippen LogP contribution in [0.1, 0.15) is 6.92 Å². The second-order valence-corrected chi connectivity index (χ2v) is 3.22. The van der Waals surface area contributed by atoms with Crippen LogP contribution >= 0.6 is 16.3 Å². The Morgan fingerprint density at radius 3 is 2.92 bits per heavy atom. The lowest BCUT2D eigenvalue weighted by atomic mass is 10.2. The minimum atomic E-state index is 0.835. The molecule has 0 spiro atoms. The number of rotatable bonds is 2. The number of benzene rings is 1. The van der Waals surface area contributed by atoms with Crippen molar-refractivity contribution in [2.45, 2.75) is 13.5 Å². The van der Waals surface area contributed by atoms with Gasteiger partial charge in [-0.1, -0.05) is 0 Å². The van der Waals surface area contributed by atoms with E-state index in [1.807, 2.05) is 12.1 Å². The number of halogens is 1. The zero-order valence-electron chi connectivity index (χ0n) is 7.33. The number of hydrogen-bond acceptors (Lipinski definition) is 1. The maximum absolute atomic E-state index is 4.97. The summed E-state index contributed by atoms with van der Waals surface area (Å²) in [7, 11) is 0. The molecule has 1 aromatic heterocycles. The summed E-state index contributed by atoms with van der Waals surface area (Å²) in [4.78, 5) is 0. The molecule has 0 saturated carbocycles. The molecule has 0 bridgehead atoms. The fraction of sp³-hybridized carbons (Fsp3) is 0.200. The second kappa shape index (κ2) is 3.42. The molecule has 0 atom stereocenters. The molecule has 1 aromatic carbocycles. The number of aryl methyl sites for hydroxylation is 1. The Bertz CT molecular complexity index is 422. The lowest BCUT2D eigenvalue weighted by molar-refractivity contribution is 0.679. The molecule has 0 aliphatic carbocycles. The minimum absolute atomic E-state index is 0.835. The van der Waals surface area contributed by atoms with Gasteiger partial charge in [0.25, 0.3) is 0 Å². The summed E-state index contributed by atoms with van der Waals surface area (Å²) in [6.45, 7) is 3.13. The van der Waals surface area contributed by atoms with Crippen molar-refractivity contribution < 1.29 is 3.83 Å². The van der Waals surface area contributed by atoms with Crippen LogP contribution in [0.2, 0.25) is 0 Å². The normalized spacial score (nSPS) is 10.6. The van der Waals surface area contributed by atoms with Gasteiger partial charge in [0.15, 0.2) is 16.3 Å². The number of aromatic nitrogens is 1. The Kier molecular flexibility index (Phi) is 2.27. The van der Waals surface area contributed by atoms with Crippen LogP contribution in [0, 0.1) is 0 Å². The summed E-state index contributed by atoms with van der Waals surface area (Å²) in [5, 5.41) is 1.21. The molecule has 13 heavy (non-hydrogen) atoms. The highest BCUT2D eigenvalue weighted by Crippen LogP contribution is 2.22. The quantitative estimate of drug-likeness (QED) is 0.785. The minimum Gasteiger partial charge on any atom is -0.418 e. The van der Waals surface area contributed by atoms with Crippen molar-refractivity contribution in [3.05, 3.63) is 30.5 Å². The van der Waals surface area contributed by atoms with Crippen LogP contribution in [0.25, 0.3) is 10.9 Å². The van der Waals surface area contributed by atoms with Gasteiger partial charge >= 0.3 is 0 Å². The number of fused-ring (bicyclic) bond motifs is 1. The molecule has 2 aromatic rings. The Morgan fingerprint density at radius 2 is 2.23 bits per heavy atom. The van der Waals surface area contributed by atoms with Gasteiger partial charge < -0.3 is 8.40 Å². The van der Waals surface area contributed by atoms with Gasteiger partial charge in [-0.15, -0.1) is 0 Å². The topological polar surface area (TPSA) is 14.2 Å². The Balaban J connectivity index is 2.61. The molecule has 2 nitrogen and oxygen atoms in total. The van der Waals surface area contributed by atoms with Crippen molar-refractivity contribution in [3.63, 3.8) is 0 Å². The van der Waals surface area contributed by atoms with E-state index in [0.717, 1.165) is 12.3 Å². The summed E-state index contributed by atoms with van der Waals surface area (Å²) in [5.41, 5.74) is 1.25. The summed E-state index contributed by atoms with van der Waals surface area (Å²) >= 11 is 2.96. The molecule has 1 heterocycles. The SMILES string of the molecule is CCn1ccc2cc(OBr)ccc21. The van der Waals surface area contributed by atoms with Crippen LogP contribution in [0.4, 0.5) is 0 Å². The molecule has 0 aliphatic rings. The van der Waals surface area contributed by atoms with E-state index in [2.05, 4.69) is 46.1 Å². The fourth-order valence-electron chi connectivity index (χ4n) is 1.50. The average Bonchev–Trinajstić information content (AvgIpc) is 2.59. The average molecular weight is 240 g/mol. The Labute approximate surface area is 85.6 Å². The highest BCUT2D eigenvalue weighted by molar-refractivity contribution is 9.06. The second-order valence-electron chi connectivity index (χ2n) is 2.90. The molecule has 0 aliphatic heterocycles. The maximum atomic E-state index is 4.97. The van der Waals surface area contributed by atoms with Crippen LogP contribution in [-0.2, 0) is 6.54 Å². The third-order valence-electron chi connectivity index (χ3n) is 2.17. The van der Waals surface area contributed by atoms with E-state index in [-0.39, 0.29) is 0 Å². The fourth-order valence-corrected chi connectivity index (χ4v) is 1.70. The number of hydrogen-bond donors (Lipinski definition) is 0. The molecular weight excluding hydrogens is 230 g/mol. The molecule has 0 amide bonds. The van der Waals surface area contributed by atoms with Crippen LogP contribution in [-0.4, -0.2) is 4.57 Å². The lowest BCUT2D eigenvalue weighted by Gasteiger charge is -2.01. The van der Waals surface area contributed by atoms with Gasteiger partial charge in [0.05, 0.1) is 0 Å². The van der Waals surface area contributed by atoms with Crippen molar-refractivity contribution in [2.24, 2.45) is 0 Å². The van der Waals surface area contributed by atoms with E-state index in [1.165, 1.54) is 10.9 Å². The van der Waals surface area contributed by atoms with E-state index in [0.29, 0.717) is 0 Å². The molecule has 0 radical (unpaired) electrons. The Hall–Kier alpha value is -0.960. The zero-order valence-corrected chi connectivity index (χ0v) is 8.91. The number of nitrogens with zero attached hydrogens (tertiary/aromatic N) is 1. The van der Waals surface area contributed by atoms with Crippen molar-refractivity contribution in [1.82, 2.24) is 4.57 Å². The monoisotopic (exact) mass is 239 g/mol. The summed E-state index contributed by atoms with van der Waals surface area (Å²) in [5.74, 6) is 0.835. The lowest BCUT2D eigenvalue weighted by Crippen LogP contribution is -1.89. The van der Waals surface area contributed by atoms with Crippen molar-refractivity contribution in [2.75, 3.05) is 0 Å². The standard InChI is InChI=1S/C10H10BrNO/c1-2-12-6-5-8-7-9(13-11)3-4-10(8)12/h3-7H,2H2,1H3. The first-order valence-electron chi connectivity index (χ1n) is 4.22. The Morgan fingerprint density at radius 1 is 1.38 bits per heavy atom. The molecule has 0 unspecified atom stereocenters. The molecule has 0 saturated heterocycles. The highest BCUT2D eigenvalue weighted by atomic mass is 79.9. The van der Waals surface area contributed by atoms with Crippen LogP contribution < -0.4 is 3.83 Å². The van der Waals surface area contributed by atoms with E-state index in [1.54, 1.807) is 0 Å². The summed E-state index contributed by atoms with van der Waals surface area (Å²) in [6, 6.07) is 8.11. The molecular formula is C10H10BrNO. The third kappa shape index (κ3) is 1.44. The van der Waals surface area contributed by atoms with Gasteiger partial charge in [0.1, 0.15) is 5.75 Å². The molecule has 68 valence electrons. The molecule has 3 heteroatoms. The van der Waals surface area contributed by atoms with Gasteiger partial charge in [0.2, 0.25) is 0 Å². The van der Waals surface area contributed by atoms with Crippen LogP contribution in [0.5, 0.6) is 5.75 Å². The molecule has 2 rings (SSSR count). The summed E-state index contributed by atoms with van der Waals surface area (Å²) in [6.07, 6.45) is 2.09. The van der Waals surface area contributed by atoms with Crippen LogP contribution in [0.3, 0.4) is 0 Å². The largest absolute Gasteiger partial charge is 0.418 e. The summed E-state index contributed by atoms with van der Waals surface area (Å²) < 4.78 is 7.17. The van der Waals surface area contributed by atoms with Crippen molar-refractivity contribution in [1.29, 1.82) is 0 Å². The van der Waals surface area contributed by atoms with Crippen LogP contribution in [0.15, 0.2) is 30.5 Å².